The van der Waals surface area contributed by atoms with Gasteiger partial charge in [0.1, 0.15) is 0 Å². The van der Waals surface area contributed by atoms with Gasteiger partial charge in [-0.2, -0.15) is 0 Å². The van der Waals surface area contributed by atoms with E-state index in [1.807, 2.05) is 0 Å². The lowest BCUT2D eigenvalue weighted by Crippen LogP contribution is -2.20. The third kappa shape index (κ3) is 0.417. The van der Waals surface area contributed by atoms with E-state index in [-0.39, 0.29) is 0 Å². The minimum absolute atomic E-state index is 0.709. The summed E-state index contributed by atoms with van der Waals surface area (Å²) < 4.78 is 0. The molecule has 0 amide bonds. The lowest BCUT2D eigenvalue weighted by molar-refractivity contribution is 0.217. The Hall–Kier alpha value is -0.260. The third-order valence-corrected chi connectivity index (χ3v) is 3.43. The topological polar surface area (TPSA) is 0 Å². The minimum atomic E-state index is 0.709. The molecule has 2 aliphatic rings. The largest absolute Gasteiger partial charge is 0.103 e. The molecule has 4 unspecified atom stereocenters. The smallest absolute Gasteiger partial charge is 0.0143 e. The van der Waals surface area contributed by atoms with Gasteiger partial charge in [0.15, 0.2) is 0 Å². The van der Waals surface area contributed by atoms with Crippen LogP contribution in [0.15, 0.2) is 12.7 Å². The van der Waals surface area contributed by atoms with Gasteiger partial charge in [-0.05, 0) is 29.6 Å². The molecule has 0 aromatic rings. The number of hydrogen-bond donors (Lipinski definition) is 0. The van der Waals surface area contributed by atoms with Crippen LogP contribution in [0.5, 0.6) is 0 Å². The maximum atomic E-state index is 3.84. The highest BCUT2D eigenvalue weighted by molar-refractivity contribution is 5.23. The Morgan fingerprint density at radius 1 is 1.67 bits per heavy atom. The molecule has 2 rings (SSSR count). The Labute approximate surface area is 57.0 Å². The van der Waals surface area contributed by atoms with E-state index in [1.165, 1.54) is 6.42 Å². The van der Waals surface area contributed by atoms with Crippen molar-refractivity contribution in [2.24, 2.45) is 23.2 Å². The first kappa shape index (κ1) is 5.52. The van der Waals surface area contributed by atoms with Gasteiger partial charge in [-0.3, -0.25) is 0 Å². The third-order valence-electron chi connectivity index (χ3n) is 3.43. The van der Waals surface area contributed by atoms with Gasteiger partial charge >= 0.3 is 0 Å². The summed E-state index contributed by atoms with van der Waals surface area (Å²) in [5.74, 6) is 2.86. The molecule has 4 atom stereocenters. The second-order valence-corrected chi connectivity index (χ2v) is 3.97. The van der Waals surface area contributed by atoms with E-state index in [9.17, 15) is 0 Å². The van der Waals surface area contributed by atoms with Crippen molar-refractivity contribution in [3.05, 3.63) is 12.7 Å². The summed E-state index contributed by atoms with van der Waals surface area (Å²) in [6, 6.07) is 0. The van der Waals surface area contributed by atoms with Gasteiger partial charge in [0.2, 0.25) is 0 Å². The zero-order valence-corrected chi connectivity index (χ0v) is 6.22. The van der Waals surface area contributed by atoms with Crippen LogP contribution in [-0.4, -0.2) is 0 Å². The monoisotopic (exact) mass is 122 g/mol. The normalized spacial score (nSPS) is 61.8. The lowest BCUT2D eigenvalue weighted by Gasteiger charge is -2.27. The number of hydrogen-bond acceptors (Lipinski definition) is 0. The average Bonchev–Trinajstić information content (AvgIpc) is 2.28. The van der Waals surface area contributed by atoms with Gasteiger partial charge in [-0.25, -0.2) is 0 Å². The standard InChI is InChI=1S/C9H14/c1-4-7-8-6(2)5-9(7,8)3/h4,6-8H,1,5H2,2-3H3. The van der Waals surface area contributed by atoms with Crippen molar-refractivity contribution < 1.29 is 0 Å². The van der Waals surface area contributed by atoms with Crippen LogP contribution in [0, 0.1) is 23.2 Å². The maximum Gasteiger partial charge on any atom is -0.0143 e. The number of fused-ring (bicyclic) bond motifs is 1. The molecule has 0 spiro atoms. The van der Waals surface area contributed by atoms with Crippen LogP contribution in [0.4, 0.5) is 0 Å². The van der Waals surface area contributed by atoms with Gasteiger partial charge in [-0.15, -0.1) is 6.58 Å². The van der Waals surface area contributed by atoms with E-state index >= 15 is 0 Å². The molecule has 0 saturated heterocycles. The molecule has 9 heavy (non-hydrogen) atoms. The van der Waals surface area contributed by atoms with E-state index in [2.05, 4.69) is 26.5 Å². The van der Waals surface area contributed by atoms with Crippen molar-refractivity contribution in [3.63, 3.8) is 0 Å². The van der Waals surface area contributed by atoms with Gasteiger partial charge in [0.05, 0.1) is 0 Å². The highest BCUT2D eigenvalue weighted by Crippen LogP contribution is 2.74. The summed E-state index contributed by atoms with van der Waals surface area (Å²) in [6.45, 7) is 8.59. The van der Waals surface area contributed by atoms with Crippen molar-refractivity contribution in [3.8, 4) is 0 Å². The Morgan fingerprint density at radius 3 is 2.44 bits per heavy atom. The molecule has 2 aliphatic carbocycles. The van der Waals surface area contributed by atoms with E-state index < -0.39 is 0 Å². The summed E-state index contributed by atoms with van der Waals surface area (Å²) in [6.07, 6.45) is 3.59. The molecule has 50 valence electrons. The molecule has 0 radical (unpaired) electrons. The fourth-order valence-electron chi connectivity index (χ4n) is 2.99. The quantitative estimate of drug-likeness (QED) is 0.469. The van der Waals surface area contributed by atoms with Crippen molar-refractivity contribution in [1.29, 1.82) is 0 Å². The molecule has 0 N–H and O–H groups in total. The van der Waals surface area contributed by atoms with Crippen molar-refractivity contribution in [1.82, 2.24) is 0 Å². The highest BCUT2D eigenvalue weighted by Gasteiger charge is 2.69. The van der Waals surface area contributed by atoms with Gasteiger partial charge in [0, 0.05) is 0 Å². The molecular weight excluding hydrogens is 108 g/mol. The Morgan fingerprint density at radius 2 is 2.33 bits per heavy atom. The molecule has 0 nitrogen and oxygen atoms in total. The number of rotatable bonds is 1. The Bertz CT molecular complexity index is 159. The van der Waals surface area contributed by atoms with E-state index in [0.717, 1.165) is 17.8 Å². The summed E-state index contributed by atoms with van der Waals surface area (Å²) in [5.41, 5.74) is 0.709. The van der Waals surface area contributed by atoms with Gasteiger partial charge in [0.25, 0.3) is 0 Å². The average molecular weight is 122 g/mol. The molecule has 0 aliphatic heterocycles. The lowest BCUT2D eigenvalue weighted by atomic mass is 9.77. The van der Waals surface area contributed by atoms with E-state index in [4.69, 9.17) is 0 Å². The predicted molar refractivity (Wildman–Crippen MR) is 39.1 cm³/mol. The van der Waals surface area contributed by atoms with Crippen molar-refractivity contribution >= 4 is 0 Å². The van der Waals surface area contributed by atoms with Gasteiger partial charge in [-0.1, -0.05) is 19.9 Å². The second kappa shape index (κ2) is 1.25. The van der Waals surface area contributed by atoms with Crippen LogP contribution in [0.25, 0.3) is 0 Å². The molecule has 0 heteroatoms. The summed E-state index contributed by atoms with van der Waals surface area (Å²) in [4.78, 5) is 0. The van der Waals surface area contributed by atoms with E-state index in [0.29, 0.717) is 5.41 Å². The molecule has 0 bridgehead atoms. The SMILES string of the molecule is C=CC1C2C(C)CC12C. The Kier molecular flexibility index (Phi) is 0.769. The van der Waals surface area contributed by atoms with Crippen LogP contribution >= 0.6 is 0 Å². The van der Waals surface area contributed by atoms with Crippen LogP contribution in [0.2, 0.25) is 0 Å². The fourth-order valence-corrected chi connectivity index (χ4v) is 2.99. The highest BCUT2D eigenvalue weighted by atomic mass is 14.7. The zero-order valence-electron chi connectivity index (χ0n) is 6.22. The van der Waals surface area contributed by atoms with Crippen LogP contribution in [0.3, 0.4) is 0 Å². The molecule has 2 saturated carbocycles. The zero-order chi connectivity index (χ0) is 6.65. The minimum Gasteiger partial charge on any atom is -0.103 e. The molecule has 0 aromatic carbocycles. The summed E-state index contributed by atoms with van der Waals surface area (Å²) in [7, 11) is 0. The number of allylic oxidation sites excluding steroid dienone is 1. The predicted octanol–water partition coefficient (Wildman–Crippen LogP) is 2.46. The van der Waals surface area contributed by atoms with Crippen molar-refractivity contribution in [2.75, 3.05) is 0 Å². The second-order valence-electron chi connectivity index (χ2n) is 3.97. The van der Waals surface area contributed by atoms with Crippen LogP contribution < -0.4 is 0 Å². The maximum absolute atomic E-state index is 3.84. The molecule has 0 heterocycles. The molecule has 2 fully saturated rings. The molecular formula is C9H14. The fraction of sp³-hybridized carbons (Fsp3) is 0.778. The summed E-state index contributed by atoms with van der Waals surface area (Å²) >= 11 is 0. The first-order valence-corrected chi connectivity index (χ1v) is 3.82. The Balaban J connectivity index is 2.14. The first-order chi connectivity index (χ1) is 4.20. The van der Waals surface area contributed by atoms with Gasteiger partial charge < -0.3 is 0 Å². The van der Waals surface area contributed by atoms with Crippen LogP contribution in [-0.2, 0) is 0 Å². The summed E-state index contributed by atoms with van der Waals surface area (Å²) in [5, 5.41) is 0. The molecule has 0 aromatic heterocycles. The van der Waals surface area contributed by atoms with Crippen molar-refractivity contribution in [2.45, 2.75) is 20.3 Å². The van der Waals surface area contributed by atoms with E-state index in [1.54, 1.807) is 0 Å². The first-order valence-electron chi connectivity index (χ1n) is 3.82. The van der Waals surface area contributed by atoms with Crippen LogP contribution in [0.1, 0.15) is 20.3 Å².